The molecule has 0 aliphatic carbocycles. The van der Waals surface area contributed by atoms with E-state index in [1.54, 1.807) is 18.1 Å². The zero-order chi connectivity index (χ0) is 19.8. The number of hydrogen-bond donors (Lipinski definition) is 0. The van der Waals surface area contributed by atoms with Gasteiger partial charge in [0.1, 0.15) is 0 Å². The van der Waals surface area contributed by atoms with Crippen LogP contribution in [0.1, 0.15) is 17.5 Å². The third-order valence-corrected chi connectivity index (χ3v) is 12.9. The Hall–Kier alpha value is -0.00364. The standard InChI is InChI=1S/C19H24N2.4CH3.2Sb/c1-20(16-18-10-5-3-6-11-18)14-9-15-21(2)17-19-12-7-4-8-13-19;;;;;;/h3-8,10,12H,9,14-17H2,1-2H3;4*1H3;;. The molecule has 0 heterocycles. The van der Waals surface area contributed by atoms with Crippen LogP contribution in [0.25, 0.3) is 0 Å². The minimum absolute atomic E-state index is 1.09. The molecule has 0 N–H and O–H groups in total. The molecule has 0 atom stereocenters. The van der Waals surface area contributed by atoms with E-state index in [4.69, 9.17) is 0 Å². The molecule has 0 aliphatic heterocycles. The molecule has 0 amide bonds. The van der Waals surface area contributed by atoms with Gasteiger partial charge in [-0.2, -0.15) is 0 Å². The van der Waals surface area contributed by atoms with E-state index in [-0.39, 0.29) is 0 Å². The van der Waals surface area contributed by atoms with Crippen LogP contribution in [0.2, 0.25) is 19.5 Å². The Kier molecular flexibility index (Phi) is 10.2. The van der Waals surface area contributed by atoms with Gasteiger partial charge in [-0.25, -0.2) is 0 Å². The summed E-state index contributed by atoms with van der Waals surface area (Å²) in [7, 11) is 4.54. The van der Waals surface area contributed by atoms with Crippen molar-refractivity contribution in [2.45, 2.75) is 39.0 Å². The van der Waals surface area contributed by atoms with Gasteiger partial charge in [0.25, 0.3) is 0 Å². The Morgan fingerprint density at radius 1 is 0.630 bits per heavy atom. The van der Waals surface area contributed by atoms with Gasteiger partial charge in [-0.15, -0.1) is 0 Å². The van der Waals surface area contributed by atoms with Crippen molar-refractivity contribution in [2.24, 2.45) is 0 Å². The van der Waals surface area contributed by atoms with Gasteiger partial charge in [-0.05, 0) is 0 Å². The maximum absolute atomic E-state index is 2.49. The third kappa shape index (κ3) is 7.73. The summed E-state index contributed by atoms with van der Waals surface area (Å²) in [6.07, 6.45) is 1.23. The first kappa shape index (κ1) is 23.3. The van der Waals surface area contributed by atoms with Gasteiger partial charge >= 0.3 is 183 Å². The van der Waals surface area contributed by atoms with Gasteiger partial charge in [0, 0.05) is 0 Å². The van der Waals surface area contributed by atoms with E-state index in [0.29, 0.717) is 0 Å². The van der Waals surface area contributed by atoms with Gasteiger partial charge in [0.2, 0.25) is 0 Å². The number of rotatable bonds is 10. The Balaban J connectivity index is 1.81. The van der Waals surface area contributed by atoms with Crippen LogP contribution in [0.15, 0.2) is 48.5 Å². The van der Waals surface area contributed by atoms with Crippen molar-refractivity contribution in [2.75, 3.05) is 27.2 Å². The molecule has 2 rings (SSSR count). The molecule has 0 saturated carbocycles. The van der Waals surface area contributed by atoms with Crippen LogP contribution in [0.4, 0.5) is 0 Å². The normalized spacial score (nSPS) is 11.9. The molecule has 0 radical (unpaired) electrons. The van der Waals surface area contributed by atoms with Crippen molar-refractivity contribution in [1.82, 2.24) is 9.80 Å². The molecule has 2 aromatic rings. The zero-order valence-corrected chi connectivity index (χ0v) is 23.0. The first-order valence-corrected chi connectivity index (χ1v) is 22.5. The number of nitrogens with zero attached hydrogens (tertiary/aromatic N) is 2. The molecule has 148 valence electrons. The topological polar surface area (TPSA) is 6.48 Å². The second-order valence-electron chi connectivity index (χ2n) is 7.88. The van der Waals surface area contributed by atoms with Crippen molar-refractivity contribution < 1.29 is 0 Å². The van der Waals surface area contributed by atoms with Crippen LogP contribution in [0.3, 0.4) is 0 Å². The average molecular weight is 584 g/mol. The summed E-state index contributed by atoms with van der Waals surface area (Å²) in [5, 5.41) is 0. The fourth-order valence-electron chi connectivity index (χ4n) is 3.51. The fourth-order valence-corrected chi connectivity index (χ4v) is 9.81. The summed E-state index contributed by atoms with van der Waals surface area (Å²) in [6.45, 7) is 4.50. The van der Waals surface area contributed by atoms with E-state index in [1.807, 2.05) is 0 Å². The molecule has 0 aliphatic rings. The Bertz CT molecular complexity index is 641. The SMILES string of the molecule is CN(CCCN(C)Cc1cccc[c]1[Sb]([CH3])[CH3])Cc1cccc[c]1[Sb]([CH3])[CH3]. The van der Waals surface area contributed by atoms with E-state index in [0.717, 1.165) is 26.2 Å². The van der Waals surface area contributed by atoms with Crippen LogP contribution < -0.4 is 7.02 Å². The van der Waals surface area contributed by atoms with Gasteiger partial charge < -0.3 is 0 Å². The van der Waals surface area contributed by atoms with E-state index in [1.165, 1.54) is 6.42 Å². The minimum atomic E-state index is -1.18. The van der Waals surface area contributed by atoms with E-state index >= 15 is 0 Å². The van der Waals surface area contributed by atoms with Crippen molar-refractivity contribution in [3.63, 3.8) is 0 Å². The summed E-state index contributed by atoms with van der Waals surface area (Å²) in [4.78, 5) is 14.9. The van der Waals surface area contributed by atoms with Crippen LogP contribution in [-0.2, 0) is 13.1 Å². The second kappa shape index (κ2) is 11.9. The second-order valence-corrected chi connectivity index (χ2v) is 20.8. The monoisotopic (exact) mass is 582 g/mol. The Labute approximate surface area is 181 Å². The molecule has 0 fully saturated rings. The van der Waals surface area contributed by atoms with Crippen LogP contribution in [0, 0.1) is 0 Å². The van der Waals surface area contributed by atoms with E-state index in [9.17, 15) is 0 Å². The first-order chi connectivity index (χ1) is 12.9. The molecule has 0 unspecified atom stereocenters. The molecule has 2 nitrogen and oxygen atoms in total. The summed E-state index contributed by atoms with van der Waals surface area (Å²) < 4.78 is 3.33. The predicted molar refractivity (Wildman–Crippen MR) is 124 cm³/mol. The van der Waals surface area contributed by atoms with Gasteiger partial charge in [-0.3, -0.25) is 0 Å². The molecular weight excluding hydrogens is 548 g/mol. The van der Waals surface area contributed by atoms with E-state index in [2.05, 4.69) is 91.9 Å². The first-order valence-electron chi connectivity index (χ1n) is 9.76. The maximum atomic E-state index is 2.49. The summed E-state index contributed by atoms with van der Waals surface area (Å²) in [5.74, 6) is 0. The summed E-state index contributed by atoms with van der Waals surface area (Å²) in [5.41, 5.74) is 3.11. The van der Waals surface area contributed by atoms with Crippen molar-refractivity contribution in [3.05, 3.63) is 59.7 Å². The zero-order valence-electron chi connectivity index (χ0n) is 17.9. The molecular formula is C23H36N2Sb2. The molecule has 0 bridgehead atoms. The summed E-state index contributed by atoms with van der Waals surface area (Å²) >= 11 is -2.37. The van der Waals surface area contributed by atoms with E-state index < -0.39 is 40.4 Å². The van der Waals surface area contributed by atoms with Gasteiger partial charge in [0.05, 0.1) is 0 Å². The van der Waals surface area contributed by atoms with Crippen LogP contribution in [0.5, 0.6) is 0 Å². The molecule has 0 aromatic heterocycles. The molecule has 4 heteroatoms. The summed E-state index contributed by atoms with van der Waals surface area (Å²) in [6, 6.07) is 18.2. The average Bonchev–Trinajstić information content (AvgIpc) is 2.62. The van der Waals surface area contributed by atoms with Crippen molar-refractivity contribution in [3.8, 4) is 0 Å². The Morgan fingerprint density at radius 3 is 1.37 bits per heavy atom. The number of benzene rings is 2. The molecule has 0 spiro atoms. The van der Waals surface area contributed by atoms with Crippen molar-refractivity contribution >= 4 is 47.4 Å². The third-order valence-electron chi connectivity index (χ3n) is 4.91. The van der Waals surface area contributed by atoms with Gasteiger partial charge in [0.15, 0.2) is 0 Å². The predicted octanol–water partition coefficient (Wildman–Crippen LogP) is 3.56. The molecule has 27 heavy (non-hydrogen) atoms. The van der Waals surface area contributed by atoms with Gasteiger partial charge in [-0.1, -0.05) is 0 Å². The fraction of sp³-hybridized carbons (Fsp3) is 0.478. The Morgan fingerprint density at radius 2 is 1.00 bits per heavy atom. The quantitative estimate of drug-likeness (QED) is 0.395. The molecule has 2 aromatic carbocycles. The van der Waals surface area contributed by atoms with Crippen LogP contribution >= 0.6 is 0 Å². The van der Waals surface area contributed by atoms with Crippen LogP contribution in [-0.4, -0.2) is 77.4 Å². The van der Waals surface area contributed by atoms with Crippen molar-refractivity contribution in [1.29, 1.82) is 0 Å². The molecule has 0 saturated heterocycles. The number of hydrogen-bond acceptors (Lipinski definition) is 2.